The van der Waals surface area contributed by atoms with Crippen LogP contribution in [0.4, 0.5) is 5.82 Å². The summed E-state index contributed by atoms with van der Waals surface area (Å²) in [6.45, 7) is 2.70. The van der Waals surface area contributed by atoms with Gasteiger partial charge in [-0.05, 0) is 42.3 Å². The Morgan fingerprint density at radius 2 is 1.52 bits per heavy atom. The molecule has 0 aliphatic rings. The number of fused-ring (bicyclic) bond motifs is 1. The largest absolute Gasteiger partial charge is 0.489 e. The highest BCUT2D eigenvalue weighted by Gasteiger charge is 2.07. The standard InChI is InChI=1S/C23H21N3O/c1-17(15-24-23-21-9-5-6-10-22(21)25-16-26-23)27-20-13-11-19(12-14-20)18-7-3-2-4-8-18/h2-14,16-17H,15H2,1H3,(H,24,25,26). The lowest BCUT2D eigenvalue weighted by Crippen LogP contribution is -2.23. The number of hydrogen-bond donors (Lipinski definition) is 1. The van der Waals surface area contributed by atoms with Crippen molar-refractivity contribution >= 4 is 16.7 Å². The molecule has 0 radical (unpaired) electrons. The number of nitrogens with one attached hydrogen (secondary N) is 1. The molecule has 0 spiro atoms. The first-order chi connectivity index (χ1) is 13.3. The first-order valence-electron chi connectivity index (χ1n) is 9.05. The minimum Gasteiger partial charge on any atom is -0.489 e. The fourth-order valence-electron chi connectivity index (χ4n) is 3.02. The summed E-state index contributed by atoms with van der Waals surface area (Å²) in [5, 5.41) is 4.38. The topological polar surface area (TPSA) is 47.0 Å². The molecule has 0 saturated heterocycles. The Hall–Kier alpha value is -3.40. The number of aromatic nitrogens is 2. The maximum Gasteiger partial charge on any atom is 0.137 e. The second-order valence-electron chi connectivity index (χ2n) is 6.44. The number of benzene rings is 3. The Morgan fingerprint density at radius 3 is 2.33 bits per heavy atom. The number of nitrogens with zero attached hydrogens (tertiary/aromatic N) is 2. The number of ether oxygens (including phenoxy) is 1. The fraction of sp³-hybridized carbons (Fsp3) is 0.130. The van der Waals surface area contributed by atoms with Gasteiger partial charge in [-0.15, -0.1) is 0 Å². The van der Waals surface area contributed by atoms with Crippen LogP contribution in [0.3, 0.4) is 0 Å². The average molecular weight is 355 g/mol. The summed E-state index contributed by atoms with van der Waals surface area (Å²) in [6, 6.07) is 26.5. The molecule has 4 aromatic rings. The van der Waals surface area contributed by atoms with Gasteiger partial charge in [0.1, 0.15) is 24.0 Å². The molecular formula is C23H21N3O. The lowest BCUT2D eigenvalue weighted by Gasteiger charge is -2.16. The van der Waals surface area contributed by atoms with E-state index in [0.29, 0.717) is 6.54 Å². The first kappa shape index (κ1) is 17.0. The lowest BCUT2D eigenvalue weighted by molar-refractivity contribution is 0.234. The van der Waals surface area contributed by atoms with Crippen molar-refractivity contribution in [2.45, 2.75) is 13.0 Å². The van der Waals surface area contributed by atoms with Gasteiger partial charge in [0.15, 0.2) is 0 Å². The van der Waals surface area contributed by atoms with Gasteiger partial charge >= 0.3 is 0 Å². The van der Waals surface area contributed by atoms with Crippen LogP contribution >= 0.6 is 0 Å². The molecule has 27 heavy (non-hydrogen) atoms. The molecular weight excluding hydrogens is 334 g/mol. The molecule has 4 heteroatoms. The third-order valence-corrected chi connectivity index (χ3v) is 4.40. The van der Waals surface area contributed by atoms with E-state index in [4.69, 9.17) is 4.74 Å². The van der Waals surface area contributed by atoms with E-state index in [9.17, 15) is 0 Å². The van der Waals surface area contributed by atoms with Crippen molar-refractivity contribution in [2.24, 2.45) is 0 Å². The molecule has 0 saturated carbocycles. The van der Waals surface area contributed by atoms with Crippen LogP contribution in [0.1, 0.15) is 6.92 Å². The number of hydrogen-bond acceptors (Lipinski definition) is 4. The van der Waals surface area contributed by atoms with Crippen molar-refractivity contribution in [1.29, 1.82) is 0 Å². The van der Waals surface area contributed by atoms with Crippen LogP contribution in [-0.2, 0) is 0 Å². The second-order valence-corrected chi connectivity index (χ2v) is 6.44. The van der Waals surface area contributed by atoms with Gasteiger partial charge < -0.3 is 10.1 Å². The smallest absolute Gasteiger partial charge is 0.137 e. The summed E-state index contributed by atoms with van der Waals surface area (Å²) in [5.74, 6) is 1.69. The molecule has 0 amide bonds. The van der Waals surface area contributed by atoms with Crippen LogP contribution in [0, 0.1) is 0 Å². The zero-order valence-corrected chi connectivity index (χ0v) is 15.2. The highest BCUT2D eigenvalue weighted by atomic mass is 16.5. The normalized spacial score (nSPS) is 11.9. The molecule has 3 aromatic carbocycles. The third kappa shape index (κ3) is 4.06. The summed E-state index contributed by atoms with van der Waals surface area (Å²) < 4.78 is 6.03. The molecule has 4 rings (SSSR count). The van der Waals surface area contributed by atoms with E-state index >= 15 is 0 Å². The number of para-hydroxylation sites is 1. The maximum atomic E-state index is 6.03. The van der Waals surface area contributed by atoms with Crippen LogP contribution in [0.2, 0.25) is 0 Å². The highest BCUT2D eigenvalue weighted by Crippen LogP contribution is 2.23. The van der Waals surface area contributed by atoms with Crippen molar-refractivity contribution in [3.05, 3.63) is 85.2 Å². The van der Waals surface area contributed by atoms with E-state index in [1.807, 2.05) is 61.5 Å². The van der Waals surface area contributed by atoms with Gasteiger partial charge in [-0.3, -0.25) is 0 Å². The highest BCUT2D eigenvalue weighted by molar-refractivity contribution is 5.88. The second kappa shape index (κ2) is 7.87. The summed E-state index contributed by atoms with van der Waals surface area (Å²) >= 11 is 0. The molecule has 0 bridgehead atoms. The number of rotatable bonds is 6. The Labute approximate surface area is 158 Å². The molecule has 4 nitrogen and oxygen atoms in total. The SMILES string of the molecule is CC(CNc1ncnc2ccccc12)Oc1ccc(-c2ccccc2)cc1. The molecule has 1 heterocycles. The molecule has 134 valence electrons. The summed E-state index contributed by atoms with van der Waals surface area (Å²) in [4.78, 5) is 8.64. The first-order valence-corrected chi connectivity index (χ1v) is 9.05. The molecule has 1 atom stereocenters. The molecule has 1 aromatic heterocycles. The van der Waals surface area contributed by atoms with Crippen molar-refractivity contribution in [3.8, 4) is 16.9 Å². The minimum absolute atomic E-state index is 0.00121. The Kier molecular flexibility index (Phi) is 4.97. The molecule has 0 aliphatic carbocycles. The van der Waals surface area contributed by atoms with E-state index in [-0.39, 0.29) is 6.10 Å². The van der Waals surface area contributed by atoms with E-state index in [1.165, 1.54) is 11.1 Å². The van der Waals surface area contributed by atoms with Gasteiger partial charge in [-0.25, -0.2) is 9.97 Å². The van der Waals surface area contributed by atoms with Gasteiger partial charge in [0.2, 0.25) is 0 Å². The third-order valence-electron chi connectivity index (χ3n) is 4.40. The van der Waals surface area contributed by atoms with Crippen LogP contribution in [-0.4, -0.2) is 22.6 Å². The Bertz CT molecular complexity index is 1010. The van der Waals surface area contributed by atoms with Crippen molar-refractivity contribution in [1.82, 2.24) is 9.97 Å². The summed E-state index contributed by atoms with van der Waals surface area (Å²) in [7, 11) is 0. The van der Waals surface area contributed by atoms with Crippen molar-refractivity contribution in [2.75, 3.05) is 11.9 Å². The van der Waals surface area contributed by atoms with Gasteiger partial charge in [-0.1, -0.05) is 54.6 Å². The fourth-order valence-corrected chi connectivity index (χ4v) is 3.02. The van der Waals surface area contributed by atoms with E-state index in [0.717, 1.165) is 22.5 Å². The van der Waals surface area contributed by atoms with Crippen LogP contribution in [0.25, 0.3) is 22.0 Å². The van der Waals surface area contributed by atoms with Crippen molar-refractivity contribution in [3.63, 3.8) is 0 Å². The maximum absolute atomic E-state index is 6.03. The molecule has 1 N–H and O–H groups in total. The van der Waals surface area contributed by atoms with E-state index in [2.05, 4.69) is 39.6 Å². The molecule has 0 aliphatic heterocycles. The van der Waals surface area contributed by atoms with Crippen LogP contribution in [0.15, 0.2) is 85.2 Å². The van der Waals surface area contributed by atoms with Gasteiger partial charge in [-0.2, -0.15) is 0 Å². The van der Waals surface area contributed by atoms with Crippen LogP contribution < -0.4 is 10.1 Å². The summed E-state index contributed by atoms with van der Waals surface area (Å²) in [6.07, 6.45) is 1.58. The lowest BCUT2D eigenvalue weighted by atomic mass is 10.1. The Morgan fingerprint density at radius 1 is 0.815 bits per heavy atom. The Balaban J connectivity index is 1.38. The van der Waals surface area contributed by atoms with Gasteiger partial charge in [0, 0.05) is 5.39 Å². The predicted molar refractivity (Wildman–Crippen MR) is 110 cm³/mol. The van der Waals surface area contributed by atoms with E-state index in [1.54, 1.807) is 6.33 Å². The summed E-state index contributed by atoms with van der Waals surface area (Å²) in [5.41, 5.74) is 3.32. The predicted octanol–water partition coefficient (Wildman–Crippen LogP) is 5.18. The van der Waals surface area contributed by atoms with E-state index < -0.39 is 0 Å². The molecule has 0 fully saturated rings. The zero-order valence-electron chi connectivity index (χ0n) is 15.2. The number of anilines is 1. The quantitative estimate of drug-likeness (QED) is 0.518. The average Bonchev–Trinajstić information content (AvgIpc) is 2.73. The van der Waals surface area contributed by atoms with Gasteiger partial charge in [0.05, 0.1) is 12.1 Å². The van der Waals surface area contributed by atoms with Crippen LogP contribution in [0.5, 0.6) is 5.75 Å². The molecule has 1 unspecified atom stereocenters. The zero-order chi connectivity index (χ0) is 18.5. The van der Waals surface area contributed by atoms with Gasteiger partial charge in [0.25, 0.3) is 0 Å². The minimum atomic E-state index is 0.00121. The van der Waals surface area contributed by atoms with Crippen molar-refractivity contribution < 1.29 is 4.74 Å². The monoisotopic (exact) mass is 355 g/mol.